The fraction of sp³-hybridized carbons (Fsp3) is 0.556. The van der Waals surface area contributed by atoms with Crippen molar-refractivity contribution in [2.75, 3.05) is 38.5 Å². The third kappa shape index (κ3) is 8.52. The van der Waals surface area contributed by atoms with Gasteiger partial charge in [0.2, 0.25) is 5.95 Å². The molecule has 1 aromatic heterocycles. The Hall–Kier alpha value is -3.01. The quantitative estimate of drug-likeness (QED) is 0.485. The summed E-state index contributed by atoms with van der Waals surface area (Å²) in [5.41, 5.74) is 0.901. The minimum Gasteiger partial charge on any atom is -0.336 e. The van der Waals surface area contributed by atoms with Gasteiger partial charge < -0.3 is 19.9 Å². The molecule has 1 atom stereocenters. The van der Waals surface area contributed by atoms with Crippen LogP contribution in [0.25, 0.3) is 0 Å². The van der Waals surface area contributed by atoms with Gasteiger partial charge in [0.15, 0.2) is 0 Å². The van der Waals surface area contributed by atoms with E-state index in [4.69, 9.17) is 0 Å². The molecule has 1 fully saturated rings. The number of nitrogens with one attached hydrogen (secondary N) is 1. The molecule has 3 rings (SSSR count). The standard InChI is InChI=1S/C19H22F3N5O.C8H16O/c1-12-4-5-14(10-15(12)17(28)27-8-6-26(3)7-9-27)25-18-23-11-16(13(2)24-18)19(20,21)22;1-4-8(5-2)7(3)6-9/h4-5,10-11H,6-9H2,1-3H3,(H,23,24,25);6-8H,4-5H2,1-3H3/t;7-/m.1/s1. The Morgan fingerprint density at radius 2 is 1.76 bits per heavy atom. The van der Waals surface area contributed by atoms with Crippen LogP contribution in [0.3, 0.4) is 0 Å². The number of aldehydes is 1. The number of aromatic nitrogens is 2. The molecule has 37 heavy (non-hydrogen) atoms. The molecule has 1 aromatic carbocycles. The second-order valence-corrected chi connectivity index (χ2v) is 9.51. The number of anilines is 2. The first-order chi connectivity index (χ1) is 17.4. The van der Waals surface area contributed by atoms with Crippen LogP contribution in [0.1, 0.15) is 60.8 Å². The SMILES string of the molecule is CCC(CC)[C@H](C)C=O.Cc1ccc(Nc2ncc(C(F)(F)F)c(C)n2)cc1C(=O)N1CCN(C)CC1. The molecular formula is C27H38F3N5O2. The third-order valence-corrected chi connectivity index (χ3v) is 6.81. The Morgan fingerprint density at radius 3 is 2.24 bits per heavy atom. The van der Waals surface area contributed by atoms with E-state index in [1.807, 2.05) is 25.8 Å². The number of hydrogen-bond acceptors (Lipinski definition) is 6. The molecular weight excluding hydrogens is 483 g/mol. The molecule has 0 bridgehead atoms. The molecule has 0 radical (unpaired) electrons. The van der Waals surface area contributed by atoms with Crippen molar-refractivity contribution in [3.05, 3.63) is 46.8 Å². The van der Waals surface area contributed by atoms with E-state index in [2.05, 4.69) is 34.0 Å². The van der Waals surface area contributed by atoms with E-state index in [-0.39, 0.29) is 23.5 Å². The number of hydrogen-bond donors (Lipinski definition) is 1. The Balaban J connectivity index is 0.000000458. The van der Waals surface area contributed by atoms with Crippen LogP contribution >= 0.6 is 0 Å². The molecule has 10 heteroatoms. The Morgan fingerprint density at radius 1 is 1.14 bits per heavy atom. The van der Waals surface area contributed by atoms with Gasteiger partial charge in [-0.3, -0.25) is 4.79 Å². The van der Waals surface area contributed by atoms with Crippen molar-refractivity contribution in [3.8, 4) is 0 Å². The average molecular weight is 522 g/mol. The van der Waals surface area contributed by atoms with Crippen LogP contribution in [0.5, 0.6) is 0 Å². The first kappa shape index (κ1) is 30.2. The van der Waals surface area contributed by atoms with Gasteiger partial charge in [-0.2, -0.15) is 13.2 Å². The summed E-state index contributed by atoms with van der Waals surface area (Å²) in [6.07, 6.45) is -0.436. The number of likely N-dealkylation sites (N-methyl/N-ethyl adjacent to an activating group) is 1. The normalized spacial score (nSPS) is 15.1. The van der Waals surface area contributed by atoms with Crippen LogP contribution in [0.4, 0.5) is 24.8 Å². The molecule has 0 aliphatic carbocycles. The highest BCUT2D eigenvalue weighted by Gasteiger charge is 2.33. The number of nitrogens with zero attached hydrogens (tertiary/aromatic N) is 4. The molecule has 2 aromatic rings. The minimum atomic E-state index is -4.49. The number of amides is 1. The molecule has 7 nitrogen and oxygen atoms in total. The summed E-state index contributed by atoms with van der Waals surface area (Å²) in [6, 6.07) is 5.22. The maximum absolute atomic E-state index is 12.9. The van der Waals surface area contributed by atoms with Crippen LogP contribution in [-0.4, -0.2) is 65.2 Å². The van der Waals surface area contributed by atoms with Crippen LogP contribution in [0.15, 0.2) is 24.4 Å². The minimum absolute atomic E-state index is 0.0485. The lowest BCUT2D eigenvalue weighted by atomic mass is 9.91. The molecule has 2 heterocycles. The zero-order valence-electron chi connectivity index (χ0n) is 22.5. The van der Waals surface area contributed by atoms with Crippen molar-refractivity contribution in [1.29, 1.82) is 0 Å². The van der Waals surface area contributed by atoms with Crippen LogP contribution in [0, 0.1) is 25.7 Å². The fourth-order valence-electron chi connectivity index (χ4n) is 4.19. The Labute approximate surface area is 217 Å². The highest BCUT2D eigenvalue weighted by Crippen LogP contribution is 2.31. The van der Waals surface area contributed by atoms with Gasteiger partial charge in [-0.05, 0) is 44.5 Å². The van der Waals surface area contributed by atoms with Gasteiger partial charge in [-0.15, -0.1) is 0 Å². The summed E-state index contributed by atoms with van der Waals surface area (Å²) >= 11 is 0. The fourth-order valence-corrected chi connectivity index (χ4v) is 4.19. The number of aryl methyl sites for hydroxylation is 2. The van der Waals surface area contributed by atoms with Crippen LogP contribution < -0.4 is 5.32 Å². The van der Waals surface area contributed by atoms with Gasteiger partial charge >= 0.3 is 6.18 Å². The molecule has 1 aliphatic rings. The van der Waals surface area contributed by atoms with Crippen molar-refractivity contribution in [3.63, 3.8) is 0 Å². The van der Waals surface area contributed by atoms with E-state index in [0.29, 0.717) is 30.3 Å². The lowest BCUT2D eigenvalue weighted by Crippen LogP contribution is -2.47. The van der Waals surface area contributed by atoms with Crippen molar-refractivity contribution in [1.82, 2.24) is 19.8 Å². The number of halogens is 3. The predicted molar refractivity (Wildman–Crippen MR) is 139 cm³/mol. The van der Waals surface area contributed by atoms with Gasteiger partial charge in [-0.25, -0.2) is 9.97 Å². The molecule has 1 aliphatic heterocycles. The molecule has 204 valence electrons. The van der Waals surface area contributed by atoms with Gasteiger partial charge in [0.1, 0.15) is 6.29 Å². The molecule has 0 saturated carbocycles. The molecule has 0 unspecified atom stereocenters. The second kappa shape index (κ2) is 13.5. The third-order valence-electron chi connectivity index (χ3n) is 6.81. The summed E-state index contributed by atoms with van der Waals surface area (Å²) in [5, 5.41) is 2.89. The second-order valence-electron chi connectivity index (χ2n) is 9.51. The Kier molecular flexibility index (Phi) is 11.0. The van der Waals surface area contributed by atoms with Crippen molar-refractivity contribution in [2.45, 2.75) is 53.6 Å². The zero-order chi connectivity index (χ0) is 27.8. The van der Waals surface area contributed by atoms with Crippen LogP contribution in [0.2, 0.25) is 0 Å². The lowest BCUT2D eigenvalue weighted by molar-refractivity contribution is -0.138. The van der Waals surface area contributed by atoms with Gasteiger partial charge in [0, 0.05) is 49.5 Å². The van der Waals surface area contributed by atoms with Gasteiger partial charge in [0.05, 0.1) is 11.3 Å². The van der Waals surface area contributed by atoms with Crippen molar-refractivity contribution in [2.24, 2.45) is 11.8 Å². The number of carbonyl (C=O) groups is 2. The first-order valence-corrected chi connectivity index (χ1v) is 12.6. The summed E-state index contributed by atoms with van der Waals surface area (Å²) in [4.78, 5) is 34.7. The smallest absolute Gasteiger partial charge is 0.336 e. The number of rotatable bonds is 7. The molecule has 1 amide bonds. The van der Waals surface area contributed by atoms with E-state index < -0.39 is 11.7 Å². The monoisotopic (exact) mass is 521 g/mol. The lowest BCUT2D eigenvalue weighted by Gasteiger charge is -2.32. The van der Waals surface area contributed by atoms with Crippen molar-refractivity contribution >= 4 is 23.8 Å². The summed E-state index contributed by atoms with van der Waals surface area (Å²) < 4.78 is 38.5. The topological polar surface area (TPSA) is 78.4 Å². The highest BCUT2D eigenvalue weighted by atomic mass is 19.4. The number of carbonyl (C=O) groups excluding carboxylic acids is 2. The Bertz CT molecular complexity index is 1050. The van der Waals surface area contributed by atoms with E-state index in [9.17, 15) is 22.8 Å². The van der Waals surface area contributed by atoms with E-state index >= 15 is 0 Å². The maximum atomic E-state index is 12.9. The first-order valence-electron chi connectivity index (χ1n) is 12.6. The molecule has 1 N–H and O–H groups in total. The number of benzene rings is 1. The summed E-state index contributed by atoms with van der Waals surface area (Å²) in [6.45, 7) is 12.4. The van der Waals surface area contributed by atoms with E-state index in [1.54, 1.807) is 18.2 Å². The molecule has 0 spiro atoms. The highest BCUT2D eigenvalue weighted by molar-refractivity contribution is 5.96. The number of piperazine rings is 1. The zero-order valence-corrected chi connectivity index (χ0v) is 22.5. The number of alkyl halides is 3. The van der Waals surface area contributed by atoms with E-state index in [1.165, 1.54) is 6.92 Å². The average Bonchev–Trinajstić information content (AvgIpc) is 2.85. The predicted octanol–water partition coefficient (Wildman–Crippen LogP) is 5.50. The van der Waals surface area contributed by atoms with E-state index in [0.717, 1.165) is 44.0 Å². The molecule has 1 saturated heterocycles. The largest absolute Gasteiger partial charge is 0.419 e. The maximum Gasteiger partial charge on any atom is 0.419 e. The van der Waals surface area contributed by atoms with Crippen LogP contribution in [-0.2, 0) is 11.0 Å². The summed E-state index contributed by atoms with van der Waals surface area (Å²) in [7, 11) is 2.02. The van der Waals surface area contributed by atoms with Gasteiger partial charge in [0.25, 0.3) is 5.91 Å². The van der Waals surface area contributed by atoms with Crippen molar-refractivity contribution < 1.29 is 22.8 Å². The van der Waals surface area contributed by atoms with Gasteiger partial charge in [-0.1, -0.05) is 39.7 Å². The summed E-state index contributed by atoms with van der Waals surface area (Å²) in [5.74, 6) is 0.841.